The van der Waals surface area contributed by atoms with Crippen LogP contribution in [-0.2, 0) is 0 Å². The maximum Gasteiger partial charge on any atom is 0.141 e. The van der Waals surface area contributed by atoms with E-state index in [0.29, 0.717) is 11.3 Å². The van der Waals surface area contributed by atoms with E-state index in [9.17, 15) is 4.39 Å². The lowest BCUT2D eigenvalue weighted by Crippen LogP contribution is -1.91. The van der Waals surface area contributed by atoms with Gasteiger partial charge in [-0.05, 0) is 18.6 Å². The molecule has 0 amide bonds. The van der Waals surface area contributed by atoms with Crippen LogP contribution in [0.25, 0.3) is 0 Å². The van der Waals surface area contributed by atoms with Crippen molar-refractivity contribution in [3.05, 3.63) is 29.1 Å². The van der Waals surface area contributed by atoms with Gasteiger partial charge in [-0.3, -0.25) is 0 Å². The molecule has 1 aromatic carbocycles. The number of hydrogen-bond donors (Lipinski definition) is 0. The summed E-state index contributed by atoms with van der Waals surface area (Å²) < 4.78 is 17.8. The third-order valence-corrected chi connectivity index (χ3v) is 1.60. The molecule has 0 aromatic heterocycles. The Morgan fingerprint density at radius 3 is 2.36 bits per heavy atom. The molecule has 0 saturated heterocycles. The van der Waals surface area contributed by atoms with Gasteiger partial charge in [0.25, 0.3) is 0 Å². The van der Waals surface area contributed by atoms with Crippen molar-refractivity contribution in [2.45, 2.75) is 20.8 Å². The molecule has 3 heteroatoms. The molecule has 2 nitrogen and oxygen atoms in total. The molecule has 1 rings (SSSR count). The molecule has 1 aromatic rings. The summed E-state index contributed by atoms with van der Waals surface area (Å²) in [5.41, 5.74) is 0.700. The van der Waals surface area contributed by atoms with Gasteiger partial charge in [0.1, 0.15) is 17.6 Å². The van der Waals surface area contributed by atoms with Crippen molar-refractivity contribution in [3.8, 4) is 11.8 Å². The summed E-state index contributed by atoms with van der Waals surface area (Å²) in [5.74, 6) is 0.0313. The third kappa shape index (κ3) is 2.74. The number of ether oxygens (including phenoxy) is 1. The van der Waals surface area contributed by atoms with Crippen LogP contribution in [0.3, 0.4) is 0 Å². The summed E-state index contributed by atoms with van der Waals surface area (Å²) >= 11 is 0. The van der Waals surface area contributed by atoms with Gasteiger partial charge in [0.2, 0.25) is 0 Å². The molecule has 0 fully saturated rings. The Balaban J connectivity index is 0.000000791. The van der Waals surface area contributed by atoms with E-state index in [-0.39, 0.29) is 5.56 Å². The minimum Gasteiger partial charge on any atom is -0.496 e. The fourth-order valence-electron chi connectivity index (χ4n) is 0.958. The van der Waals surface area contributed by atoms with Crippen LogP contribution in [0.4, 0.5) is 4.39 Å². The Kier molecular flexibility index (Phi) is 5.31. The van der Waals surface area contributed by atoms with Gasteiger partial charge in [-0.1, -0.05) is 13.8 Å². The number of aryl methyl sites for hydroxylation is 1. The van der Waals surface area contributed by atoms with Gasteiger partial charge in [-0.2, -0.15) is 5.26 Å². The highest BCUT2D eigenvalue weighted by atomic mass is 19.1. The van der Waals surface area contributed by atoms with Crippen molar-refractivity contribution >= 4 is 0 Å². The minimum absolute atomic E-state index is 0.0115. The molecule has 14 heavy (non-hydrogen) atoms. The van der Waals surface area contributed by atoms with Gasteiger partial charge in [-0.25, -0.2) is 4.39 Å². The number of nitrogens with zero attached hydrogens (tertiary/aromatic N) is 1. The lowest BCUT2D eigenvalue weighted by atomic mass is 10.1. The van der Waals surface area contributed by atoms with Gasteiger partial charge in [0, 0.05) is 6.07 Å². The van der Waals surface area contributed by atoms with Crippen molar-refractivity contribution in [2.75, 3.05) is 7.11 Å². The number of halogens is 1. The van der Waals surface area contributed by atoms with Gasteiger partial charge in [0.15, 0.2) is 0 Å². The fraction of sp³-hybridized carbons (Fsp3) is 0.364. The second kappa shape index (κ2) is 5.98. The molecule has 0 unspecified atom stereocenters. The predicted octanol–water partition coefficient (Wildman–Crippen LogP) is 3.04. The lowest BCUT2D eigenvalue weighted by molar-refractivity contribution is 0.410. The molecule has 0 bridgehead atoms. The quantitative estimate of drug-likeness (QED) is 0.690. The molecule has 0 atom stereocenters. The van der Waals surface area contributed by atoms with E-state index in [1.54, 1.807) is 13.0 Å². The van der Waals surface area contributed by atoms with E-state index in [4.69, 9.17) is 10.00 Å². The van der Waals surface area contributed by atoms with Crippen LogP contribution in [0.5, 0.6) is 5.75 Å². The molecule has 0 N–H and O–H groups in total. The molecule has 0 aliphatic rings. The Morgan fingerprint density at radius 1 is 1.36 bits per heavy atom. The molecule has 0 spiro atoms. The highest BCUT2D eigenvalue weighted by molar-refractivity contribution is 5.42. The van der Waals surface area contributed by atoms with Crippen LogP contribution in [0, 0.1) is 24.1 Å². The van der Waals surface area contributed by atoms with E-state index in [0.717, 1.165) is 0 Å². The molecule has 0 radical (unpaired) electrons. The number of methoxy groups -OCH3 is 1. The Morgan fingerprint density at radius 2 is 1.93 bits per heavy atom. The van der Waals surface area contributed by atoms with Crippen molar-refractivity contribution in [1.82, 2.24) is 0 Å². The molecular weight excluding hydrogens is 181 g/mol. The topological polar surface area (TPSA) is 33.0 Å². The first-order valence-electron chi connectivity index (χ1n) is 4.43. The van der Waals surface area contributed by atoms with E-state index in [1.165, 1.54) is 19.2 Å². The van der Waals surface area contributed by atoms with Crippen molar-refractivity contribution < 1.29 is 9.13 Å². The number of nitriles is 1. The summed E-state index contributed by atoms with van der Waals surface area (Å²) in [5, 5.41) is 8.48. The lowest BCUT2D eigenvalue weighted by Gasteiger charge is -2.04. The Hall–Kier alpha value is -1.56. The van der Waals surface area contributed by atoms with Gasteiger partial charge >= 0.3 is 0 Å². The highest BCUT2D eigenvalue weighted by Crippen LogP contribution is 2.21. The standard InChI is InChI=1S/C9H8FNO.C2H6/c1-6-3-8(10)7(5-11)4-9(6)12-2;1-2/h3-4H,1-2H3;1-2H3. The number of rotatable bonds is 1. The normalized spacial score (nSPS) is 8.29. The summed E-state index contributed by atoms with van der Waals surface area (Å²) in [7, 11) is 1.49. The first-order valence-corrected chi connectivity index (χ1v) is 4.43. The van der Waals surface area contributed by atoms with E-state index in [2.05, 4.69) is 0 Å². The van der Waals surface area contributed by atoms with Crippen molar-refractivity contribution in [3.63, 3.8) is 0 Å². The van der Waals surface area contributed by atoms with Crippen molar-refractivity contribution in [1.29, 1.82) is 5.26 Å². The van der Waals surface area contributed by atoms with E-state index < -0.39 is 5.82 Å². The zero-order chi connectivity index (χ0) is 11.1. The average Bonchev–Trinajstić information content (AvgIpc) is 2.21. The zero-order valence-corrected chi connectivity index (χ0v) is 8.89. The second-order valence-corrected chi connectivity index (χ2v) is 2.41. The molecule has 0 saturated carbocycles. The van der Waals surface area contributed by atoms with Crippen LogP contribution in [0.15, 0.2) is 12.1 Å². The number of benzene rings is 1. The largest absolute Gasteiger partial charge is 0.496 e. The zero-order valence-electron chi connectivity index (χ0n) is 8.89. The smallest absolute Gasteiger partial charge is 0.141 e. The predicted molar refractivity (Wildman–Crippen MR) is 53.8 cm³/mol. The number of hydrogen-bond acceptors (Lipinski definition) is 2. The molecular formula is C11H14FNO. The van der Waals surface area contributed by atoms with Crippen LogP contribution >= 0.6 is 0 Å². The fourth-order valence-corrected chi connectivity index (χ4v) is 0.958. The van der Waals surface area contributed by atoms with Crippen LogP contribution in [0.2, 0.25) is 0 Å². The van der Waals surface area contributed by atoms with Crippen molar-refractivity contribution in [2.24, 2.45) is 0 Å². The maximum atomic E-state index is 12.9. The van der Waals surface area contributed by atoms with Gasteiger partial charge in [0.05, 0.1) is 12.7 Å². The Bertz CT molecular complexity index is 342. The summed E-state index contributed by atoms with van der Waals surface area (Å²) in [4.78, 5) is 0. The van der Waals surface area contributed by atoms with Gasteiger partial charge in [-0.15, -0.1) is 0 Å². The van der Waals surface area contributed by atoms with Crippen LogP contribution in [-0.4, -0.2) is 7.11 Å². The van der Waals surface area contributed by atoms with E-state index >= 15 is 0 Å². The average molecular weight is 195 g/mol. The SMILES string of the molecule is CC.COc1cc(C#N)c(F)cc1C. The maximum absolute atomic E-state index is 12.9. The van der Waals surface area contributed by atoms with Gasteiger partial charge < -0.3 is 4.74 Å². The monoisotopic (exact) mass is 195 g/mol. The molecule has 0 aliphatic carbocycles. The first-order chi connectivity index (χ1) is 6.69. The van der Waals surface area contributed by atoms with Crippen LogP contribution < -0.4 is 4.74 Å². The van der Waals surface area contributed by atoms with E-state index in [1.807, 2.05) is 13.8 Å². The molecule has 76 valence electrons. The summed E-state index contributed by atoms with van der Waals surface area (Å²) in [6.45, 7) is 5.73. The minimum atomic E-state index is -0.504. The first kappa shape index (κ1) is 12.4. The third-order valence-electron chi connectivity index (χ3n) is 1.60. The Labute approximate surface area is 83.9 Å². The summed E-state index contributed by atoms with van der Waals surface area (Å²) in [6.07, 6.45) is 0. The summed E-state index contributed by atoms with van der Waals surface area (Å²) in [6, 6.07) is 4.42. The van der Waals surface area contributed by atoms with Crippen LogP contribution in [0.1, 0.15) is 25.0 Å². The highest BCUT2D eigenvalue weighted by Gasteiger charge is 2.06. The second-order valence-electron chi connectivity index (χ2n) is 2.41. The molecule has 0 aliphatic heterocycles. The molecule has 0 heterocycles.